The number of aryl methyl sites for hydroxylation is 1. The first-order chi connectivity index (χ1) is 10.1. The fraction of sp³-hybridized carbons (Fsp3) is 0.118. The van der Waals surface area contributed by atoms with Crippen LogP contribution in [0.25, 0.3) is 22.2 Å². The van der Waals surface area contributed by atoms with E-state index >= 15 is 0 Å². The number of carboxylic acid groups (broad SMARTS) is 1. The van der Waals surface area contributed by atoms with E-state index in [1.54, 1.807) is 12.1 Å². The molecule has 0 saturated heterocycles. The number of hydrogen-bond acceptors (Lipinski definition) is 1. The van der Waals surface area contributed by atoms with Crippen LogP contribution in [0.3, 0.4) is 0 Å². The van der Waals surface area contributed by atoms with Gasteiger partial charge in [0.25, 0.3) is 0 Å². The number of para-hydroxylation sites is 1. The lowest BCUT2D eigenvalue weighted by molar-refractivity contribution is -0.136. The van der Waals surface area contributed by atoms with Crippen LogP contribution in [0.4, 0.5) is 4.39 Å². The number of rotatable bonds is 3. The van der Waals surface area contributed by atoms with Crippen molar-refractivity contribution in [1.82, 2.24) is 4.98 Å². The number of H-pyrrole nitrogens is 1. The summed E-state index contributed by atoms with van der Waals surface area (Å²) in [4.78, 5) is 14.2. The van der Waals surface area contributed by atoms with E-state index in [0.717, 1.165) is 11.1 Å². The van der Waals surface area contributed by atoms with Gasteiger partial charge < -0.3 is 10.1 Å². The van der Waals surface area contributed by atoms with Gasteiger partial charge in [0.2, 0.25) is 0 Å². The number of aromatic nitrogens is 1. The van der Waals surface area contributed by atoms with Gasteiger partial charge in [0, 0.05) is 5.39 Å². The molecule has 0 bridgehead atoms. The maximum Gasteiger partial charge on any atom is 0.307 e. The largest absolute Gasteiger partial charge is 0.481 e. The number of hydrogen-bond donors (Lipinski definition) is 2. The normalized spacial score (nSPS) is 11.0. The van der Waals surface area contributed by atoms with E-state index in [9.17, 15) is 9.18 Å². The van der Waals surface area contributed by atoms with Gasteiger partial charge in [0.15, 0.2) is 0 Å². The van der Waals surface area contributed by atoms with Crippen LogP contribution in [-0.2, 0) is 11.2 Å². The molecule has 0 aliphatic heterocycles. The smallest absolute Gasteiger partial charge is 0.307 e. The molecule has 106 valence electrons. The number of fused-ring (bicyclic) bond motifs is 1. The van der Waals surface area contributed by atoms with Gasteiger partial charge in [-0.2, -0.15) is 0 Å². The Hall–Kier alpha value is -2.62. The maximum absolute atomic E-state index is 13.9. The molecule has 3 rings (SSSR count). The highest BCUT2D eigenvalue weighted by Gasteiger charge is 2.17. The number of aliphatic carboxylic acids is 1. The standard InChI is InChI=1S/C17H14FNO2/c1-10-5-7-11(8-6-10)16-13(9-15(20)21)12-3-2-4-14(18)17(12)19-16/h2-8,19H,9H2,1H3,(H,20,21). The molecule has 3 nitrogen and oxygen atoms in total. The zero-order valence-electron chi connectivity index (χ0n) is 11.5. The second kappa shape index (κ2) is 5.05. The fourth-order valence-electron chi connectivity index (χ4n) is 2.54. The highest BCUT2D eigenvalue weighted by atomic mass is 19.1. The highest BCUT2D eigenvalue weighted by Crippen LogP contribution is 2.32. The average Bonchev–Trinajstić information content (AvgIpc) is 2.80. The first-order valence-electron chi connectivity index (χ1n) is 6.64. The van der Waals surface area contributed by atoms with Crippen molar-refractivity contribution in [3.63, 3.8) is 0 Å². The third-order valence-electron chi connectivity index (χ3n) is 3.56. The van der Waals surface area contributed by atoms with Crippen molar-refractivity contribution < 1.29 is 14.3 Å². The summed E-state index contributed by atoms with van der Waals surface area (Å²) in [6, 6.07) is 12.4. The Labute approximate surface area is 121 Å². The van der Waals surface area contributed by atoms with E-state index in [1.165, 1.54) is 6.07 Å². The second-order valence-corrected chi connectivity index (χ2v) is 5.08. The summed E-state index contributed by atoms with van der Waals surface area (Å²) >= 11 is 0. The molecule has 1 aromatic heterocycles. The minimum Gasteiger partial charge on any atom is -0.481 e. The zero-order valence-corrected chi connectivity index (χ0v) is 11.5. The minimum absolute atomic E-state index is 0.146. The molecule has 0 fully saturated rings. The SMILES string of the molecule is Cc1ccc(-c2[nH]c3c(F)cccc3c2CC(=O)O)cc1. The topological polar surface area (TPSA) is 53.1 Å². The maximum atomic E-state index is 13.9. The van der Waals surface area contributed by atoms with Crippen LogP contribution < -0.4 is 0 Å². The van der Waals surface area contributed by atoms with Gasteiger partial charge in [-0.15, -0.1) is 0 Å². The molecule has 0 unspecified atom stereocenters. The van der Waals surface area contributed by atoms with Crippen LogP contribution in [0, 0.1) is 12.7 Å². The van der Waals surface area contributed by atoms with Crippen LogP contribution in [0.5, 0.6) is 0 Å². The number of halogens is 1. The van der Waals surface area contributed by atoms with Crippen molar-refractivity contribution in [2.75, 3.05) is 0 Å². The summed E-state index contributed by atoms with van der Waals surface area (Å²) in [5.41, 5.74) is 3.59. The summed E-state index contributed by atoms with van der Waals surface area (Å²) < 4.78 is 13.9. The summed E-state index contributed by atoms with van der Waals surface area (Å²) in [6.45, 7) is 1.98. The van der Waals surface area contributed by atoms with Crippen LogP contribution >= 0.6 is 0 Å². The molecule has 2 N–H and O–H groups in total. The highest BCUT2D eigenvalue weighted by molar-refractivity contribution is 5.94. The molecule has 0 spiro atoms. The van der Waals surface area contributed by atoms with Crippen molar-refractivity contribution in [3.05, 3.63) is 59.4 Å². The molecule has 0 aliphatic rings. The fourth-order valence-corrected chi connectivity index (χ4v) is 2.54. The Balaban J connectivity index is 2.27. The van der Waals surface area contributed by atoms with E-state index in [0.29, 0.717) is 22.2 Å². The first-order valence-corrected chi connectivity index (χ1v) is 6.64. The molecule has 0 atom stereocenters. The second-order valence-electron chi connectivity index (χ2n) is 5.08. The molecular formula is C17H14FNO2. The molecule has 0 aliphatic carbocycles. The average molecular weight is 283 g/mol. The monoisotopic (exact) mass is 283 g/mol. The number of carbonyl (C=O) groups is 1. The molecule has 0 radical (unpaired) electrons. The lowest BCUT2D eigenvalue weighted by Crippen LogP contribution is -2.00. The van der Waals surface area contributed by atoms with Crippen molar-refractivity contribution >= 4 is 16.9 Å². The molecule has 21 heavy (non-hydrogen) atoms. The van der Waals surface area contributed by atoms with Gasteiger partial charge in [0.1, 0.15) is 5.82 Å². The van der Waals surface area contributed by atoms with E-state index in [4.69, 9.17) is 5.11 Å². The van der Waals surface area contributed by atoms with Crippen LogP contribution in [-0.4, -0.2) is 16.1 Å². The lowest BCUT2D eigenvalue weighted by atomic mass is 10.0. The molecule has 3 aromatic rings. The predicted molar refractivity (Wildman–Crippen MR) is 79.8 cm³/mol. The molecule has 0 saturated carbocycles. The van der Waals surface area contributed by atoms with Crippen molar-refractivity contribution in [1.29, 1.82) is 0 Å². The van der Waals surface area contributed by atoms with Gasteiger partial charge >= 0.3 is 5.97 Å². The van der Waals surface area contributed by atoms with Crippen molar-refractivity contribution in [2.45, 2.75) is 13.3 Å². The van der Waals surface area contributed by atoms with Gasteiger partial charge in [-0.1, -0.05) is 42.0 Å². The zero-order chi connectivity index (χ0) is 15.0. The van der Waals surface area contributed by atoms with Gasteiger partial charge in [-0.3, -0.25) is 4.79 Å². The summed E-state index contributed by atoms with van der Waals surface area (Å²) in [5.74, 6) is -1.31. The van der Waals surface area contributed by atoms with Gasteiger partial charge in [-0.05, 0) is 24.1 Å². The van der Waals surface area contributed by atoms with Crippen molar-refractivity contribution in [2.24, 2.45) is 0 Å². The van der Waals surface area contributed by atoms with Gasteiger partial charge in [-0.25, -0.2) is 4.39 Å². The first kappa shape index (κ1) is 13.4. The Morgan fingerprint density at radius 1 is 1.19 bits per heavy atom. The van der Waals surface area contributed by atoms with E-state index in [1.807, 2.05) is 31.2 Å². The third kappa shape index (κ3) is 2.40. The number of benzene rings is 2. The Kier molecular flexibility index (Phi) is 3.22. The lowest BCUT2D eigenvalue weighted by Gasteiger charge is -2.03. The molecule has 4 heteroatoms. The van der Waals surface area contributed by atoms with Gasteiger partial charge in [0.05, 0.1) is 17.6 Å². The number of carboxylic acids is 1. The van der Waals surface area contributed by atoms with Crippen LogP contribution in [0.2, 0.25) is 0 Å². The minimum atomic E-state index is -0.937. The Morgan fingerprint density at radius 2 is 1.90 bits per heavy atom. The van der Waals surface area contributed by atoms with E-state index in [2.05, 4.69) is 4.98 Å². The summed E-state index contributed by atoms with van der Waals surface area (Å²) in [6.07, 6.45) is -0.146. The summed E-state index contributed by atoms with van der Waals surface area (Å²) in [7, 11) is 0. The van der Waals surface area contributed by atoms with E-state index in [-0.39, 0.29) is 12.2 Å². The molecule has 0 amide bonds. The molecular weight excluding hydrogens is 269 g/mol. The molecule has 1 heterocycles. The summed E-state index contributed by atoms with van der Waals surface area (Å²) in [5, 5.41) is 9.74. The Bertz CT molecular complexity index is 819. The number of nitrogens with one attached hydrogen (secondary N) is 1. The van der Waals surface area contributed by atoms with Crippen LogP contribution in [0.15, 0.2) is 42.5 Å². The number of aromatic amines is 1. The third-order valence-corrected chi connectivity index (χ3v) is 3.56. The predicted octanol–water partition coefficient (Wildman–Crippen LogP) is 3.91. The Morgan fingerprint density at radius 3 is 2.57 bits per heavy atom. The van der Waals surface area contributed by atoms with Crippen LogP contribution in [0.1, 0.15) is 11.1 Å². The molecule has 2 aromatic carbocycles. The quantitative estimate of drug-likeness (QED) is 0.765. The van der Waals surface area contributed by atoms with E-state index < -0.39 is 5.97 Å². The van der Waals surface area contributed by atoms with Crippen molar-refractivity contribution in [3.8, 4) is 11.3 Å².